The summed E-state index contributed by atoms with van der Waals surface area (Å²) in [6, 6.07) is 12.4. The summed E-state index contributed by atoms with van der Waals surface area (Å²) in [5.41, 5.74) is 3.43. The first-order chi connectivity index (χ1) is 15.4. The lowest BCUT2D eigenvalue weighted by molar-refractivity contribution is -0.140. The van der Waals surface area contributed by atoms with Crippen LogP contribution >= 0.6 is 0 Å². The van der Waals surface area contributed by atoms with Crippen molar-refractivity contribution in [2.75, 3.05) is 19.8 Å². The second-order valence-electron chi connectivity index (χ2n) is 8.54. The molecular weight excluding hydrogens is 406 g/mol. The molecule has 1 N–H and O–H groups in total. The second-order valence-corrected chi connectivity index (χ2v) is 8.54. The summed E-state index contributed by atoms with van der Waals surface area (Å²) in [5, 5.41) is 11.2. The average molecular weight is 436 g/mol. The first-order valence-corrected chi connectivity index (χ1v) is 11.1. The SMILES string of the molecule is Cc1ccccc1C1/C(=C(\O)c2ccc3c(c2)CCO3)C(=O)C(=O)N1CCCOC(C)C. The summed E-state index contributed by atoms with van der Waals surface area (Å²) in [6.45, 7) is 7.33. The molecule has 0 aromatic heterocycles. The van der Waals surface area contributed by atoms with Crippen LogP contribution in [-0.4, -0.2) is 47.6 Å². The minimum absolute atomic E-state index is 0.0985. The third kappa shape index (κ3) is 4.15. The molecule has 0 radical (unpaired) electrons. The van der Waals surface area contributed by atoms with Crippen LogP contribution in [0.15, 0.2) is 48.0 Å². The van der Waals surface area contributed by atoms with Crippen molar-refractivity contribution in [1.82, 2.24) is 4.90 Å². The van der Waals surface area contributed by atoms with Crippen LogP contribution in [0.3, 0.4) is 0 Å². The molecule has 168 valence electrons. The number of ketones is 1. The predicted molar refractivity (Wildman–Crippen MR) is 122 cm³/mol. The number of likely N-dealkylation sites (tertiary alicyclic amines) is 1. The van der Waals surface area contributed by atoms with Crippen LogP contribution in [0.2, 0.25) is 0 Å². The van der Waals surface area contributed by atoms with Gasteiger partial charge in [0.2, 0.25) is 0 Å². The van der Waals surface area contributed by atoms with E-state index in [0.29, 0.717) is 31.7 Å². The van der Waals surface area contributed by atoms with Gasteiger partial charge >= 0.3 is 0 Å². The maximum atomic E-state index is 13.1. The van der Waals surface area contributed by atoms with E-state index in [-0.39, 0.29) is 17.4 Å². The highest BCUT2D eigenvalue weighted by molar-refractivity contribution is 6.46. The maximum Gasteiger partial charge on any atom is 0.295 e. The lowest BCUT2D eigenvalue weighted by Gasteiger charge is -2.26. The van der Waals surface area contributed by atoms with E-state index < -0.39 is 17.7 Å². The molecular formula is C26H29NO5. The topological polar surface area (TPSA) is 76.1 Å². The molecule has 0 bridgehead atoms. The van der Waals surface area contributed by atoms with Gasteiger partial charge in [0.05, 0.1) is 24.3 Å². The van der Waals surface area contributed by atoms with Gasteiger partial charge in [0.25, 0.3) is 11.7 Å². The molecule has 6 heteroatoms. The minimum atomic E-state index is -0.655. The molecule has 1 saturated heterocycles. The number of Topliss-reactive ketones (excluding diaryl/α,β-unsaturated/α-hetero) is 1. The van der Waals surface area contributed by atoms with Crippen LogP contribution < -0.4 is 4.74 Å². The Hall–Kier alpha value is -3.12. The molecule has 2 heterocycles. The van der Waals surface area contributed by atoms with E-state index in [4.69, 9.17) is 9.47 Å². The van der Waals surface area contributed by atoms with Gasteiger partial charge in [-0.25, -0.2) is 0 Å². The number of ether oxygens (including phenoxy) is 2. The van der Waals surface area contributed by atoms with Crippen LogP contribution in [0.5, 0.6) is 5.75 Å². The zero-order valence-corrected chi connectivity index (χ0v) is 18.8. The number of nitrogens with zero attached hydrogens (tertiary/aromatic N) is 1. The molecule has 1 fully saturated rings. The molecule has 1 unspecified atom stereocenters. The van der Waals surface area contributed by atoms with Gasteiger partial charge in [0.15, 0.2) is 0 Å². The van der Waals surface area contributed by atoms with Gasteiger partial charge in [-0.2, -0.15) is 0 Å². The van der Waals surface area contributed by atoms with Gasteiger partial charge in [0, 0.05) is 25.1 Å². The van der Waals surface area contributed by atoms with Gasteiger partial charge in [-0.3, -0.25) is 9.59 Å². The van der Waals surface area contributed by atoms with E-state index in [1.165, 1.54) is 0 Å². The van der Waals surface area contributed by atoms with Gasteiger partial charge in [-0.15, -0.1) is 0 Å². The number of fused-ring (bicyclic) bond motifs is 1. The number of benzene rings is 2. The summed E-state index contributed by atoms with van der Waals surface area (Å²) in [7, 11) is 0. The Morgan fingerprint density at radius 1 is 1.22 bits per heavy atom. The number of hydrogen-bond acceptors (Lipinski definition) is 5. The second kappa shape index (κ2) is 9.17. The van der Waals surface area contributed by atoms with Crippen molar-refractivity contribution in [3.8, 4) is 5.75 Å². The number of carbonyl (C=O) groups excluding carboxylic acids is 2. The smallest absolute Gasteiger partial charge is 0.295 e. The van der Waals surface area contributed by atoms with Gasteiger partial charge in [-0.05, 0) is 62.1 Å². The van der Waals surface area contributed by atoms with Crippen LogP contribution in [0.1, 0.15) is 48.6 Å². The molecule has 2 aliphatic rings. The quantitative estimate of drug-likeness (QED) is 0.306. The molecule has 6 nitrogen and oxygen atoms in total. The molecule has 1 amide bonds. The van der Waals surface area contributed by atoms with E-state index in [9.17, 15) is 14.7 Å². The van der Waals surface area contributed by atoms with E-state index in [2.05, 4.69) is 0 Å². The highest BCUT2D eigenvalue weighted by Gasteiger charge is 2.46. The fourth-order valence-electron chi connectivity index (χ4n) is 4.37. The predicted octanol–water partition coefficient (Wildman–Crippen LogP) is 4.17. The van der Waals surface area contributed by atoms with Crippen LogP contribution in [0.25, 0.3) is 5.76 Å². The lowest BCUT2D eigenvalue weighted by Crippen LogP contribution is -2.31. The Morgan fingerprint density at radius 2 is 2.00 bits per heavy atom. The summed E-state index contributed by atoms with van der Waals surface area (Å²) in [5.74, 6) is -0.596. The molecule has 0 aliphatic carbocycles. The van der Waals surface area contributed by atoms with Crippen LogP contribution in [0, 0.1) is 6.92 Å². The number of hydrogen-bond donors (Lipinski definition) is 1. The Bertz CT molecular complexity index is 1070. The zero-order chi connectivity index (χ0) is 22.8. The highest BCUT2D eigenvalue weighted by atomic mass is 16.5. The normalized spacial score (nSPS) is 19.5. The van der Waals surface area contributed by atoms with Crippen molar-refractivity contribution in [3.05, 3.63) is 70.3 Å². The number of aryl methyl sites for hydroxylation is 1. The van der Waals surface area contributed by atoms with Gasteiger partial charge in [-0.1, -0.05) is 24.3 Å². The summed E-state index contributed by atoms with van der Waals surface area (Å²) in [4.78, 5) is 27.7. The highest BCUT2D eigenvalue weighted by Crippen LogP contribution is 2.41. The summed E-state index contributed by atoms with van der Waals surface area (Å²) in [6.07, 6.45) is 1.45. The lowest BCUT2D eigenvalue weighted by atomic mass is 9.92. The maximum absolute atomic E-state index is 13.1. The fourth-order valence-corrected chi connectivity index (χ4v) is 4.37. The molecule has 2 aromatic rings. The minimum Gasteiger partial charge on any atom is -0.507 e. The van der Waals surface area contributed by atoms with Crippen molar-refractivity contribution < 1.29 is 24.2 Å². The molecule has 2 aliphatic heterocycles. The molecule has 1 atom stereocenters. The Labute approximate surface area is 188 Å². The van der Waals surface area contributed by atoms with Crippen molar-refractivity contribution in [2.45, 2.75) is 45.8 Å². The Balaban J connectivity index is 1.75. The molecule has 32 heavy (non-hydrogen) atoms. The van der Waals surface area contributed by atoms with E-state index in [1.54, 1.807) is 17.0 Å². The molecule has 4 rings (SSSR count). The third-order valence-electron chi connectivity index (χ3n) is 5.98. The first kappa shape index (κ1) is 22.1. The first-order valence-electron chi connectivity index (χ1n) is 11.1. The van der Waals surface area contributed by atoms with Crippen LogP contribution in [0.4, 0.5) is 0 Å². The van der Waals surface area contributed by atoms with E-state index in [0.717, 1.165) is 28.9 Å². The zero-order valence-electron chi connectivity index (χ0n) is 18.8. The van der Waals surface area contributed by atoms with Gasteiger partial charge < -0.3 is 19.5 Å². The van der Waals surface area contributed by atoms with E-state index in [1.807, 2.05) is 51.1 Å². The largest absolute Gasteiger partial charge is 0.507 e. The standard InChI is InChI=1S/C26H29NO5/c1-16(2)31-13-6-12-27-23(20-8-5-4-7-17(20)3)22(25(29)26(27)30)24(28)19-9-10-21-18(15-19)11-14-32-21/h4-5,7-10,15-16,23,28H,6,11-14H2,1-3H3/b24-22+. The Morgan fingerprint density at radius 3 is 2.75 bits per heavy atom. The monoisotopic (exact) mass is 435 g/mol. The third-order valence-corrected chi connectivity index (χ3v) is 5.98. The Kier molecular flexibility index (Phi) is 6.33. The fraction of sp³-hybridized carbons (Fsp3) is 0.385. The summed E-state index contributed by atoms with van der Waals surface area (Å²) < 4.78 is 11.2. The number of rotatable bonds is 7. The molecule has 0 saturated carbocycles. The van der Waals surface area contributed by atoms with Crippen molar-refractivity contribution in [3.63, 3.8) is 0 Å². The van der Waals surface area contributed by atoms with Crippen LogP contribution in [-0.2, 0) is 20.7 Å². The summed E-state index contributed by atoms with van der Waals surface area (Å²) >= 11 is 0. The average Bonchev–Trinajstić information content (AvgIpc) is 3.34. The molecule has 0 spiro atoms. The van der Waals surface area contributed by atoms with Crippen molar-refractivity contribution in [2.24, 2.45) is 0 Å². The van der Waals surface area contributed by atoms with Crippen molar-refractivity contribution in [1.29, 1.82) is 0 Å². The number of amides is 1. The number of aliphatic hydroxyl groups is 1. The van der Waals surface area contributed by atoms with Gasteiger partial charge in [0.1, 0.15) is 11.5 Å². The molecule has 2 aromatic carbocycles. The van der Waals surface area contributed by atoms with E-state index >= 15 is 0 Å². The number of carbonyl (C=O) groups is 2. The van der Waals surface area contributed by atoms with Crippen molar-refractivity contribution >= 4 is 17.4 Å². The number of aliphatic hydroxyl groups excluding tert-OH is 1.